The summed E-state index contributed by atoms with van der Waals surface area (Å²) >= 11 is 1.12. The zero-order valence-electron chi connectivity index (χ0n) is 17.8. The predicted molar refractivity (Wildman–Crippen MR) is 124 cm³/mol. The summed E-state index contributed by atoms with van der Waals surface area (Å²) in [5.74, 6) is -2.25. The third kappa shape index (κ3) is 4.51. The van der Waals surface area contributed by atoms with Gasteiger partial charge in [0.2, 0.25) is 0 Å². The molecule has 0 bridgehead atoms. The van der Waals surface area contributed by atoms with Gasteiger partial charge in [-0.2, -0.15) is 0 Å². The van der Waals surface area contributed by atoms with Crippen LogP contribution < -0.4 is 10.2 Å². The molecule has 3 aromatic carbocycles. The fourth-order valence-electron chi connectivity index (χ4n) is 3.23. The number of imide groups is 1. The fourth-order valence-corrected chi connectivity index (χ4v) is 4.16. The number of anilines is 2. The number of nitrogens with zero attached hydrogens (tertiary/aromatic N) is 1. The van der Waals surface area contributed by atoms with Crippen molar-refractivity contribution in [1.82, 2.24) is 0 Å². The molecule has 0 unspecified atom stereocenters. The van der Waals surface area contributed by atoms with Gasteiger partial charge in [0, 0.05) is 4.90 Å². The van der Waals surface area contributed by atoms with Gasteiger partial charge >= 0.3 is 5.97 Å². The topological polar surface area (TPSA) is 75.7 Å². The zero-order chi connectivity index (χ0) is 23.5. The summed E-state index contributed by atoms with van der Waals surface area (Å²) in [4.78, 5) is 40.3. The minimum Gasteiger partial charge on any atom is -0.465 e. The Morgan fingerprint density at radius 3 is 2.24 bits per heavy atom. The summed E-state index contributed by atoms with van der Waals surface area (Å²) in [5, 5.41) is 2.81. The van der Waals surface area contributed by atoms with Crippen LogP contribution in [0.15, 0.2) is 88.3 Å². The van der Waals surface area contributed by atoms with E-state index in [2.05, 4.69) is 10.1 Å². The molecule has 0 spiro atoms. The maximum atomic E-state index is 14.3. The summed E-state index contributed by atoms with van der Waals surface area (Å²) in [6, 6.07) is 19.3. The first-order valence-electron chi connectivity index (χ1n) is 9.96. The number of methoxy groups -OCH3 is 1. The highest BCUT2D eigenvalue weighted by Crippen LogP contribution is 2.38. The lowest BCUT2D eigenvalue weighted by Crippen LogP contribution is -2.32. The van der Waals surface area contributed by atoms with Crippen molar-refractivity contribution >= 4 is 40.9 Å². The molecular formula is C25H19FN2O4S. The number of hydrogen-bond acceptors (Lipinski definition) is 6. The summed E-state index contributed by atoms with van der Waals surface area (Å²) in [6.07, 6.45) is 0. The number of benzene rings is 3. The number of para-hydroxylation sites is 1. The number of esters is 1. The number of halogens is 1. The lowest BCUT2D eigenvalue weighted by molar-refractivity contribution is -0.120. The van der Waals surface area contributed by atoms with Crippen LogP contribution in [0.25, 0.3) is 0 Å². The van der Waals surface area contributed by atoms with Crippen LogP contribution >= 0.6 is 11.8 Å². The van der Waals surface area contributed by atoms with Crippen LogP contribution in [0.3, 0.4) is 0 Å². The Balaban J connectivity index is 1.72. The normalized spacial score (nSPS) is 13.5. The molecule has 0 radical (unpaired) electrons. The molecule has 4 rings (SSSR count). The number of carbonyl (C=O) groups is 3. The van der Waals surface area contributed by atoms with E-state index in [0.717, 1.165) is 27.1 Å². The smallest absolute Gasteiger partial charge is 0.337 e. The highest BCUT2D eigenvalue weighted by Gasteiger charge is 2.40. The van der Waals surface area contributed by atoms with E-state index in [1.165, 1.54) is 49.6 Å². The quantitative estimate of drug-likeness (QED) is 0.414. The van der Waals surface area contributed by atoms with Crippen molar-refractivity contribution in [3.8, 4) is 0 Å². The number of ether oxygens (including phenoxy) is 1. The maximum absolute atomic E-state index is 14.3. The molecule has 1 N–H and O–H groups in total. The molecule has 0 fully saturated rings. The Hall–Kier alpha value is -3.91. The molecule has 33 heavy (non-hydrogen) atoms. The molecule has 6 nitrogen and oxygen atoms in total. The van der Waals surface area contributed by atoms with Crippen molar-refractivity contribution < 1.29 is 23.5 Å². The Labute approximate surface area is 194 Å². The molecular weight excluding hydrogens is 443 g/mol. The van der Waals surface area contributed by atoms with Crippen LogP contribution in [0.2, 0.25) is 0 Å². The lowest BCUT2D eigenvalue weighted by Gasteiger charge is -2.15. The fraction of sp³-hybridized carbons (Fsp3) is 0.0800. The molecule has 1 heterocycles. The third-order valence-electron chi connectivity index (χ3n) is 4.96. The number of hydrogen-bond donors (Lipinski definition) is 1. The van der Waals surface area contributed by atoms with Gasteiger partial charge in [-0.3, -0.25) is 9.59 Å². The third-order valence-corrected chi connectivity index (χ3v) is 6.05. The summed E-state index contributed by atoms with van der Waals surface area (Å²) in [5.41, 5.74) is 1.68. The van der Waals surface area contributed by atoms with Gasteiger partial charge in [-0.1, -0.05) is 41.6 Å². The predicted octanol–water partition coefficient (Wildman–Crippen LogP) is 4.91. The van der Waals surface area contributed by atoms with Crippen LogP contribution in [0.4, 0.5) is 15.8 Å². The number of carbonyl (C=O) groups excluding carboxylic acids is 3. The number of nitrogens with one attached hydrogen (secondary N) is 1. The Morgan fingerprint density at radius 1 is 0.939 bits per heavy atom. The number of thioether (sulfide) groups is 1. The first-order chi connectivity index (χ1) is 15.9. The van der Waals surface area contributed by atoms with E-state index >= 15 is 0 Å². The molecule has 166 valence electrons. The van der Waals surface area contributed by atoms with Crippen LogP contribution in [0.1, 0.15) is 15.9 Å². The molecule has 0 aromatic heterocycles. The maximum Gasteiger partial charge on any atom is 0.337 e. The van der Waals surface area contributed by atoms with Crippen molar-refractivity contribution in [2.45, 2.75) is 11.8 Å². The largest absolute Gasteiger partial charge is 0.465 e. The molecule has 1 aliphatic heterocycles. The Morgan fingerprint density at radius 2 is 1.61 bits per heavy atom. The van der Waals surface area contributed by atoms with E-state index in [0.29, 0.717) is 0 Å². The molecule has 8 heteroatoms. The minimum absolute atomic E-state index is 0.0206. The van der Waals surface area contributed by atoms with E-state index in [-0.39, 0.29) is 27.5 Å². The number of amides is 2. The van der Waals surface area contributed by atoms with Crippen molar-refractivity contribution in [3.05, 3.63) is 100 Å². The van der Waals surface area contributed by atoms with Crippen LogP contribution in [0.5, 0.6) is 0 Å². The standard InChI is InChI=1S/C25H19FN2O4S/c1-15-7-13-18(14-8-15)33-22-21(27-20-6-4-3-5-19(20)26)23(29)28(24(22)30)17-11-9-16(10-12-17)25(31)32-2/h3-14,27H,1-2H3. The number of aryl methyl sites for hydroxylation is 1. The van der Waals surface area contributed by atoms with Gasteiger partial charge in [0.1, 0.15) is 16.4 Å². The summed E-state index contributed by atoms with van der Waals surface area (Å²) in [6.45, 7) is 1.95. The van der Waals surface area contributed by atoms with Crippen LogP contribution in [0, 0.1) is 12.7 Å². The van der Waals surface area contributed by atoms with Gasteiger partial charge in [-0.25, -0.2) is 14.1 Å². The van der Waals surface area contributed by atoms with Gasteiger partial charge in [0.05, 0.1) is 24.0 Å². The molecule has 0 atom stereocenters. The first-order valence-corrected chi connectivity index (χ1v) is 10.8. The van der Waals surface area contributed by atoms with Gasteiger partial charge in [0.25, 0.3) is 11.8 Å². The van der Waals surface area contributed by atoms with E-state index in [1.54, 1.807) is 6.07 Å². The highest BCUT2D eigenvalue weighted by molar-refractivity contribution is 8.04. The van der Waals surface area contributed by atoms with Crippen molar-refractivity contribution in [1.29, 1.82) is 0 Å². The molecule has 1 aliphatic rings. The molecule has 0 saturated carbocycles. The second-order valence-corrected chi connectivity index (χ2v) is 8.29. The summed E-state index contributed by atoms with van der Waals surface area (Å²) in [7, 11) is 1.27. The van der Waals surface area contributed by atoms with Gasteiger partial charge in [-0.15, -0.1) is 0 Å². The lowest BCUT2D eigenvalue weighted by atomic mass is 10.2. The van der Waals surface area contributed by atoms with Crippen LogP contribution in [-0.2, 0) is 14.3 Å². The van der Waals surface area contributed by atoms with Crippen molar-refractivity contribution in [2.24, 2.45) is 0 Å². The van der Waals surface area contributed by atoms with E-state index < -0.39 is 23.6 Å². The second kappa shape index (κ2) is 9.30. The first kappa shape index (κ1) is 22.3. The monoisotopic (exact) mass is 462 g/mol. The average Bonchev–Trinajstić information content (AvgIpc) is 3.05. The van der Waals surface area contributed by atoms with Gasteiger partial charge < -0.3 is 10.1 Å². The Bertz CT molecular complexity index is 1270. The van der Waals surface area contributed by atoms with Gasteiger partial charge in [-0.05, 0) is 55.5 Å². The second-order valence-electron chi connectivity index (χ2n) is 7.21. The molecule has 2 amide bonds. The van der Waals surface area contributed by atoms with Crippen LogP contribution in [-0.4, -0.2) is 24.9 Å². The van der Waals surface area contributed by atoms with Gasteiger partial charge in [0.15, 0.2) is 0 Å². The summed E-state index contributed by atoms with van der Waals surface area (Å²) < 4.78 is 19.0. The Kier molecular flexibility index (Phi) is 6.28. The van der Waals surface area contributed by atoms with Crippen molar-refractivity contribution in [2.75, 3.05) is 17.3 Å². The highest BCUT2D eigenvalue weighted by atomic mass is 32.2. The number of rotatable bonds is 6. The SMILES string of the molecule is COC(=O)c1ccc(N2C(=O)C(Nc3ccccc3F)=C(Sc3ccc(C)cc3)C2=O)cc1. The molecule has 3 aromatic rings. The van der Waals surface area contributed by atoms with E-state index in [4.69, 9.17) is 0 Å². The molecule has 0 saturated heterocycles. The van der Waals surface area contributed by atoms with Crippen molar-refractivity contribution in [3.63, 3.8) is 0 Å². The van der Waals surface area contributed by atoms with E-state index in [9.17, 15) is 18.8 Å². The average molecular weight is 463 g/mol. The van der Waals surface area contributed by atoms with E-state index in [1.807, 2.05) is 31.2 Å². The zero-order valence-corrected chi connectivity index (χ0v) is 18.6. The minimum atomic E-state index is -0.622. The molecule has 0 aliphatic carbocycles.